The first-order valence-electron chi connectivity index (χ1n) is 8.22. The minimum Gasteiger partial charge on any atom is -0.451 e. The molecule has 1 aromatic carbocycles. The lowest BCUT2D eigenvalue weighted by Gasteiger charge is -2.31. The summed E-state index contributed by atoms with van der Waals surface area (Å²) in [6.45, 7) is 4.36. The molecule has 2 heterocycles. The number of likely N-dealkylation sites (tertiary alicyclic amines) is 1. The number of benzene rings is 1. The third-order valence-corrected chi connectivity index (χ3v) is 4.80. The zero-order valence-corrected chi connectivity index (χ0v) is 14.9. The Morgan fingerprint density at radius 2 is 2.08 bits per heavy atom. The number of rotatable bonds is 4. The summed E-state index contributed by atoms with van der Waals surface area (Å²) in [4.78, 5) is 14.6. The van der Waals surface area contributed by atoms with Gasteiger partial charge in [-0.25, -0.2) is 4.39 Å². The first-order chi connectivity index (χ1) is 11.1. The molecule has 1 amide bonds. The summed E-state index contributed by atoms with van der Waals surface area (Å²) in [5.41, 5.74) is 1.29. The average molecular weight is 355 g/mol. The Morgan fingerprint density at radius 1 is 1.38 bits per heavy atom. The van der Waals surface area contributed by atoms with Crippen molar-refractivity contribution in [1.82, 2.24) is 10.2 Å². The first-order valence-corrected chi connectivity index (χ1v) is 8.22. The number of halogens is 2. The van der Waals surface area contributed by atoms with E-state index in [9.17, 15) is 9.18 Å². The van der Waals surface area contributed by atoms with Crippen LogP contribution in [0.2, 0.25) is 0 Å². The zero-order valence-electron chi connectivity index (χ0n) is 14.1. The number of piperidine rings is 1. The summed E-state index contributed by atoms with van der Waals surface area (Å²) in [5, 5.41) is 3.85. The number of fused-ring (bicyclic) bond motifs is 1. The normalized spacial score (nSPS) is 15.5. The Morgan fingerprint density at radius 3 is 2.75 bits per heavy atom. The van der Waals surface area contributed by atoms with Gasteiger partial charge < -0.3 is 14.6 Å². The molecule has 2 aromatic rings. The van der Waals surface area contributed by atoms with Crippen LogP contribution in [0.25, 0.3) is 11.0 Å². The number of carbonyl (C=O) groups is 1. The molecule has 0 unspecified atom stereocenters. The van der Waals surface area contributed by atoms with E-state index in [0.717, 1.165) is 44.5 Å². The summed E-state index contributed by atoms with van der Waals surface area (Å²) in [6.07, 6.45) is 3.21. The molecule has 1 N–H and O–H groups in total. The van der Waals surface area contributed by atoms with Gasteiger partial charge in [-0.1, -0.05) is 0 Å². The zero-order chi connectivity index (χ0) is 16.4. The van der Waals surface area contributed by atoms with E-state index < -0.39 is 0 Å². The fraction of sp³-hybridized carbons (Fsp3) is 0.500. The van der Waals surface area contributed by atoms with E-state index in [2.05, 4.69) is 5.32 Å². The van der Waals surface area contributed by atoms with Gasteiger partial charge in [-0.15, -0.1) is 12.4 Å². The molecule has 1 aliphatic rings. The Balaban J connectivity index is 0.00000208. The van der Waals surface area contributed by atoms with Crippen molar-refractivity contribution in [2.75, 3.05) is 26.7 Å². The second-order valence-electron chi connectivity index (χ2n) is 6.32. The van der Waals surface area contributed by atoms with Crippen LogP contribution in [0.1, 0.15) is 35.4 Å². The van der Waals surface area contributed by atoms with Crippen molar-refractivity contribution in [1.29, 1.82) is 0 Å². The van der Waals surface area contributed by atoms with E-state index in [1.807, 2.05) is 18.9 Å². The van der Waals surface area contributed by atoms with Crippen molar-refractivity contribution in [2.24, 2.45) is 5.92 Å². The molecule has 132 valence electrons. The molecular formula is C18H24ClFN2O2. The van der Waals surface area contributed by atoms with Gasteiger partial charge in [0.1, 0.15) is 11.4 Å². The lowest BCUT2D eigenvalue weighted by Crippen LogP contribution is -2.39. The van der Waals surface area contributed by atoms with Crippen molar-refractivity contribution in [3.05, 3.63) is 35.3 Å². The minimum absolute atomic E-state index is 0. The third-order valence-electron chi connectivity index (χ3n) is 4.80. The summed E-state index contributed by atoms with van der Waals surface area (Å²) < 4.78 is 19.1. The van der Waals surface area contributed by atoms with E-state index >= 15 is 0 Å². The van der Waals surface area contributed by atoms with Gasteiger partial charge in [0, 0.05) is 24.0 Å². The summed E-state index contributed by atoms with van der Waals surface area (Å²) in [7, 11) is 1.96. The predicted octanol–water partition coefficient (Wildman–Crippen LogP) is 3.76. The minimum atomic E-state index is -0.314. The second kappa shape index (κ2) is 7.99. The molecule has 1 aliphatic heterocycles. The molecule has 1 fully saturated rings. The number of hydrogen-bond acceptors (Lipinski definition) is 3. The van der Waals surface area contributed by atoms with Gasteiger partial charge in [0.25, 0.3) is 5.91 Å². The van der Waals surface area contributed by atoms with Crippen LogP contribution in [0.3, 0.4) is 0 Å². The fourth-order valence-corrected chi connectivity index (χ4v) is 3.31. The number of aryl methyl sites for hydroxylation is 1. The number of nitrogens with one attached hydrogen (secondary N) is 1. The van der Waals surface area contributed by atoms with Crippen LogP contribution >= 0.6 is 12.4 Å². The lowest BCUT2D eigenvalue weighted by atomic mass is 9.93. The molecule has 24 heavy (non-hydrogen) atoms. The van der Waals surface area contributed by atoms with E-state index in [1.165, 1.54) is 12.1 Å². The molecule has 0 aliphatic carbocycles. The molecule has 6 heteroatoms. The Kier molecular flexibility index (Phi) is 6.24. The number of nitrogens with zero attached hydrogens (tertiary/aromatic N) is 1. The quantitative estimate of drug-likeness (QED) is 0.909. The molecule has 0 saturated carbocycles. The molecule has 1 aromatic heterocycles. The highest BCUT2D eigenvalue weighted by molar-refractivity contribution is 5.99. The van der Waals surface area contributed by atoms with Gasteiger partial charge in [0.15, 0.2) is 5.76 Å². The SMILES string of the molecule is CNCCC1CCN(C(=O)c2oc3ccc(F)cc3c2C)CC1.Cl. The third kappa shape index (κ3) is 3.73. The van der Waals surface area contributed by atoms with Crippen molar-refractivity contribution < 1.29 is 13.6 Å². The average Bonchev–Trinajstić information content (AvgIpc) is 2.89. The van der Waals surface area contributed by atoms with Gasteiger partial charge in [-0.2, -0.15) is 0 Å². The number of furan rings is 1. The van der Waals surface area contributed by atoms with Crippen molar-refractivity contribution in [3.63, 3.8) is 0 Å². The summed E-state index contributed by atoms with van der Waals surface area (Å²) >= 11 is 0. The number of hydrogen-bond donors (Lipinski definition) is 1. The van der Waals surface area contributed by atoms with Gasteiger partial charge in [0.2, 0.25) is 0 Å². The molecule has 0 atom stereocenters. The van der Waals surface area contributed by atoms with Crippen LogP contribution in [0.5, 0.6) is 0 Å². The van der Waals surface area contributed by atoms with Crippen molar-refractivity contribution in [2.45, 2.75) is 26.2 Å². The van der Waals surface area contributed by atoms with Crippen molar-refractivity contribution >= 4 is 29.3 Å². The Hall–Kier alpha value is -1.59. The second-order valence-corrected chi connectivity index (χ2v) is 6.32. The molecule has 0 bridgehead atoms. The van der Waals surface area contributed by atoms with Crippen LogP contribution in [0, 0.1) is 18.7 Å². The molecule has 0 spiro atoms. The highest BCUT2D eigenvalue weighted by Gasteiger charge is 2.27. The lowest BCUT2D eigenvalue weighted by molar-refractivity contribution is 0.0656. The largest absolute Gasteiger partial charge is 0.451 e. The number of carbonyl (C=O) groups excluding carboxylic acids is 1. The van der Waals surface area contributed by atoms with Gasteiger partial charge in [0.05, 0.1) is 0 Å². The van der Waals surface area contributed by atoms with Crippen LogP contribution in [-0.2, 0) is 0 Å². The van der Waals surface area contributed by atoms with Crippen LogP contribution in [0.4, 0.5) is 4.39 Å². The maximum Gasteiger partial charge on any atom is 0.289 e. The Bertz CT molecular complexity index is 708. The summed E-state index contributed by atoms with van der Waals surface area (Å²) in [6, 6.07) is 4.36. The fourth-order valence-electron chi connectivity index (χ4n) is 3.31. The monoisotopic (exact) mass is 354 g/mol. The van der Waals surface area contributed by atoms with Crippen LogP contribution in [0.15, 0.2) is 22.6 Å². The van der Waals surface area contributed by atoms with Crippen LogP contribution in [-0.4, -0.2) is 37.5 Å². The molecule has 4 nitrogen and oxygen atoms in total. The van der Waals surface area contributed by atoms with E-state index in [0.29, 0.717) is 22.6 Å². The first kappa shape index (κ1) is 18.7. The van der Waals surface area contributed by atoms with Gasteiger partial charge >= 0.3 is 0 Å². The van der Waals surface area contributed by atoms with Crippen LogP contribution < -0.4 is 5.32 Å². The highest BCUT2D eigenvalue weighted by Crippen LogP contribution is 2.28. The van der Waals surface area contributed by atoms with Gasteiger partial charge in [-0.3, -0.25) is 4.79 Å². The van der Waals surface area contributed by atoms with Gasteiger partial charge in [-0.05, 0) is 63.9 Å². The maximum atomic E-state index is 13.4. The van der Waals surface area contributed by atoms with E-state index in [-0.39, 0.29) is 24.1 Å². The molecular weight excluding hydrogens is 331 g/mol. The van der Waals surface area contributed by atoms with E-state index in [4.69, 9.17) is 4.42 Å². The highest BCUT2D eigenvalue weighted by atomic mass is 35.5. The topological polar surface area (TPSA) is 45.5 Å². The predicted molar refractivity (Wildman–Crippen MR) is 95.3 cm³/mol. The number of amides is 1. The smallest absolute Gasteiger partial charge is 0.289 e. The molecule has 0 radical (unpaired) electrons. The standard InChI is InChI=1S/C18H23FN2O2.ClH/c1-12-15-11-14(19)3-4-16(15)23-17(12)18(22)21-9-6-13(7-10-21)5-8-20-2;/h3-4,11,13,20H,5-10H2,1-2H3;1H. The Labute approximate surface area is 147 Å². The van der Waals surface area contributed by atoms with Crippen molar-refractivity contribution in [3.8, 4) is 0 Å². The maximum absolute atomic E-state index is 13.4. The molecule has 1 saturated heterocycles. The van der Waals surface area contributed by atoms with E-state index in [1.54, 1.807) is 6.07 Å². The summed E-state index contributed by atoms with van der Waals surface area (Å²) in [5.74, 6) is 0.633. The molecule has 3 rings (SSSR count).